The molecule has 1 aliphatic carbocycles. The maximum absolute atomic E-state index is 12.4. The van der Waals surface area contributed by atoms with Crippen molar-refractivity contribution in [1.82, 2.24) is 0 Å². The maximum atomic E-state index is 12.4. The highest BCUT2D eigenvalue weighted by molar-refractivity contribution is 5.19. The van der Waals surface area contributed by atoms with E-state index in [1.54, 1.807) is 0 Å². The minimum atomic E-state index is -5.20. The van der Waals surface area contributed by atoms with Crippen LogP contribution >= 0.6 is 0 Å². The molecule has 1 aliphatic rings. The van der Waals surface area contributed by atoms with Gasteiger partial charge in [0.25, 0.3) is 0 Å². The zero-order valence-corrected chi connectivity index (χ0v) is 7.68. The van der Waals surface area contributed by atoms with Crippen LogP contribution in [0.5, 0.6) is 0 Å². The van der Waals surface area contributed by atoms with E-state index in [1.807, 2.05) is 0 Å². The van der Waals surface area contributed by atoms with Crippen molar-refractivity contribution >= 4 is 0 Å². The summed E-state index contributed by atoms with van der Waals surface area (Å²) in [7, 11) is 0. The summed E-state index contributed by atoms with van der Waals surface area (Å²) in [5.74, 6) is 0. The van der Waals surface area contributed by atoms with Gasteiger partial charge in [0.15, 0.2) is 5.41 Å². The van der Waals surface area contributed by atoms with Gasteiger partial charge in [-0.05, 0) is 18.3 Å². The second-order valence-electron chi connectivity index (χ2n) is 3.99. The van der Waals surface area contributed by atoms with Crippen LogP contribution in [0.1, 0.15) is 26.7 Å². The quantitative estimate of drug-likeness (QED) is 0.587. The summed E-state index contributed by atoms with van der Waals surface area (Å²) in [4.78, 5) is 0. The van der Waals surface area contributed by atoms with Crippen LogP contribution < -0.4 is 0 Å². The van der Waals surface area contributed by atoms with Crippen LogP contribution in [0.3, 0.4) is 0 Å². The largest absolute Gasteiger partial charge is 0.403 e. The highest BCUT2D eigenvalue weighted by Crippen LogP contribution is 2.78. The van der Waals surface area contributed by atoms with Gasteiger partial charge in [0.05, 0.1) is 0 Å². The fraction of sp³-hybridized carbons (Fsp3) is 1.00. The van der Waals surface area contributed by atoms with E-state index >= 15 is 0 Å². The number of rotatable bonds is 1. The standard InChI is InChI=1S/C8H10F6/c1-3-5(2)4-6(5,7(9,10)11)8(12,13)14/h3-4H2,1-2H3. The van der Waals surface area contributed by atoms with E-state index in [2.05, 4.69) is 0 Å². The van der Waals surface area contributed by atoms with Crippen molar-refractivity contribution < 1.29 is 26.3 Å². The Hall–Kier alpha value is -0.420. The smallest absolute Gasteiger partial charge is 0.170 e. The molecular weight excluding hydrogens is 210 g/mol. The molecule has 0 aromatic rings. The lowest BCUT2D eigenvalue weighted by molar-refractivity contribution is -0.312. The normalized spacial score (nSPS) is 31.7. The molecule has 84 valence electrons. The molecule has 6 heteroatoms. The lowest BCUT2D eigenvalue weighted by atomic mass is 9.91. The van der Waals surface area contributed by atoms with Crippen LogP contribution in [0.2, 0.25) is 0 Å². The Morgan fingerprint density at radius 3 is 1.43 bits per heavy atom. The summed E-state index contributed by atoms with van der Waals surface area (Å²) >= 11 is 0. The Labute approximate surface area is 77.3 Å². The lowest BCUT2D eigenvalue weighted by Gasteiger charge is -2.27. The molecule has 0 bridgehead atoms. The van der Waals surface area contributed by atoms with Gasteiger partial charge in [-0.2, -0.15) is 26.3 Å². The van der Waals surface area contributed by atoms with Crippen LogP contribution in [-0.4, -0.2) is 12.4 Å². The van der Waals surface area contributed by atoms with Gasteiger partial charge < -0.3 is 0 Å². The third-order valence-electron chi connectivity index (χ3n) is 3.31. The van der Waals surface area contributed by atoms with Crippen molar-refractivity contribution in [3.8, 4) is 0 Å². The van der Waals surface area contributed by atoms with Gasteiger partial charge in [0.2, 0.25) is 0 Å². The molecule has 0 heterocycles. The van der Waals surface area contributed by atoms with Crippen LogP contribution in [-0.2, 0) is 0 Å². The third kappa shape index (κ3) is 1.15. The van der Waals surface area contributed by atoms with Crippen molar-refractivity contribution in [1.29, 1.82) is 0 Å². The Bertz CT molecular complexity index is 223. The molecule has 0 aromatic heterocycles. The summed E-state index contributed by atoms with van der Waals surface area (Å²) in [6, 6.07) is 0. The van der Waals surface area contributed by atoms with Gasteiger partial charge in [-0.15, -0.1) is 0 Å². The first-order valence-corrected chi connectivity index (χ1v) is 4.15. The summed E-state index contributed by atoms with van der Waals surface area (Å²) in [5.41, 5.74) is -5.15. The predicted molar refractivity (Wildman–Crippen MR) is 37.6 cm³/mol. The number of halogens is 6. The highest BCUT2D eigenvalue weighted by Gasteiger charge is 2.88. The van der Waals surface area contributed by atoms with Crippen molar-refractivity contribution in [2.45, 2.75) is 39.0 Å². The monoisotopic (exact) mass is 220 g/mol. The number of hydrogen-bond donors (Lipinski definition) is 0. The highest BCUT2D eigenvalue weighted by atomic mass is 19.4. The Balaban J connectivity index is 3.12. The fourth-order valence-corrected chi connectivity index (χ4v) is 2.01. The first-order chi connectivity index (χ1) is 6.02. The van der Waals surface area contributed by atoms with Crippen molar-refractivity contribution in [3.63, 3.8) is 0 Å². The van der Waals surface area contributed by atoms with Crippen LogP contribution in [0.15, 0.2) is 0 Å². The lowest BCUT2D eigenvalue weighted by Crippen LogP contribution is -2.42. The van der Waals surface area contributed by atoms with E-state index < -0.39 is 29.6 Å². The first-order valence-electron chi connectivity index (χ1n) is 4.15. The molecule has 14 heavy (non-hydrogen) atoms. The average molecular weight is 220 g/mol. The topological polar surface area (TPSA) is 0 Å². The molecule has 1 rings (SSSR count). The number of hydrogen-bond acceptors (Lipinski definition) is 0. The van der Waals surface area contributed by atoms with E-state index in [0.29, 0.717) is 0 Å². The van der Waals surface area contributed by atoms with E-state index in [9.17, 15) is 26.3 Å². The fourth-order valence-electron chi connectivity index (χ4n) is 2.01. The van der Waals surface area contributed by atoms with Crippen LogP contribution in [0.25, 0.3) is 0 Å². The van der Waals surface area contributed by atoms with Gasteiger partial charge in [0.1, 0.15) is 0 Å². The average Bonchev–Trinajstić information content (AvgIpc) is 2.57. The van der Waals surface area contributed by atoms with Gasteiger partial charge >= 0.3 is 12.4 Å². The van der Waals surface area contributed by atoms with Gasteiger partial charge in [0, 0.05) is 0 Å². The minimum absolute atomic E-state index is 0.119. The van der Waals surface area contributed by atoms with Gasteiger partial charge in [-0.1, -0.05) is 13.8 Å². The molecule has 0 aliphatic heterocycles. The molecule has 1 unspecified atom stereocenters. The summed E-state index contributed by atoms with van der Waals surface area (Å²) in [6.07, 6.45) is -11.4. The van der Waals surface area contributed by atoms with Gasteiger partial charge in [-0.25, -0.2) is 0 Å². The Morgan fingerprint density at radius 2 is 1.36 bits per heavy atom. The molecule has 0 spiro atoms. The molecule has 0 amide bonds. The third-order valence-corrected chi connectivity index (χ3v) is 3.31. The van der Waals surface area contributed by atoms with Crippen LogP contribution in [0, 0.1) is 10.8 Å². The maximum Gasteiger partial charge on any atom is 0.403 e. The SMILES string of the molecule is CCC1(C)CC1(C(F)(F)F)C(F)(F)F. The Morgan fingerprint density at radius 1 is 1.00 bits per heavy atom. The zero-order valence-electron chi connectivity index (χ0n) is 7.68. The second kappa shape index (κ2) is 2.58. The molecule has 0 aromatic carbocycles. The van der Waals surface area contributed by atoms with Crippen molar-refractivity contribution in [2.75, 3.05) is 0 Å². The minimum Gasteiger partial charge on any atom is -0.170 e. The number of alkyl halides is 6. The summed E-state index contributed by atoms with van der Waals surface area (Å²) in [6.45, 7) is 2.38. The van der Waals surface area contributed by atoms with Crippen molar-refractivity contribution in [3.05, 3.63) is 0 Å². The zero-order chi connectivity index (χ0) is 11.4. The van der Waals surface area contributed by atoms with E-state index in [1.165, 1.54) is 6.92 Å². The second-order valence-corrected chi connectivity index (χ2v) is 3.99. The molecule has 0 saturated heterocycles. The first kappa shape index (κ1) is 11.7. The molecule has 0 nitrogen and oxygen atoms in total. The molecular formula is C8H10F6. The van der Waals surface area contributed by atoms with Gasteiger partial charge in [-0.3, -0.25) is 0 Å². The molecule has 1 saturated carbocycles. The summed E-state index contributed by atoms with van der Waals surface area (Å²) < 4.78 is 74.1. The molecule has 0 radical (unpaired) electrons. The predicted octanol–water partition coefficient (Wildman–Crippen LogP) is 3.92. The van der Waals surface area contributed by atoms with Crippen LogP contribution in [0.4, 0.5) is 26.3 Å². The Kier molecular flexibility index (Phi) is 2.15. The molecule has 0 N–H and O–H groups in total. The van der Waals surface area contributed by atoms with E-state index in [0.717, 1.165) is 6.92 Å². The summed E-state index contributed by atoms with van der Waals surface area (Å²) in [5, 5.41) is 0. The van der Waals surface area contributed by atoms with E-state index in [4.69, 9.17) is 0 Å². The molecule has 1 atom stereocenters. The van der Waals surface area contributed by atoms with E-state index in [-0.39, 0.29) is 6.42 Å². The molecule has 1 fully saturated rings. The van der Waals surface area contributed by atoms with Crippen molar-refractivity contribution in [2.24, 2.45) is 10.8 Å².